The minimum Gasteiger partial charge on any atom is -0.377 e. The van der Waals surface area contributed by atoms with E-state index in [1.807, 2.05) is 7.05 Å². The molecule has 1 saturated carbocycles. The smallest absolute Gasteiger partial charge is 0.191 e. The second-order valence-corrected chi connectivity index (χ2v) is 7.40. The summed E-state index contributed by atoms with van der Waals surface area (Å²) in [5.41, 5.74) is 3.14. The molecular formula is C19H26BrN3O. The number of guanidine groups is 1. The van der Waals surface area contributed by atoms with Crippen LogP contribution in [0.4, 0.5) is 0 Å². The van der Waals surface area contributed by atoms with Crippen molar-refractivity contribution in [3.05, 3.63) is 46.0 Å². The summed E-state index contributed by atoms with van der Waals surface area (Å²) < 4.78 is 6.55. The predicted molar refractivity (Wildman–Crippen MR) is 103 cm³/mol. The van der Waals surface area contributed by atoms with Crippen LogP contribution >= 0.6 is 15.9 Å². The first kappa shape index (κ1) is 17.5. The molecule has 2 aliphatic rings. The van der Waals surface area contributed by atoms with E-state index in [2.05, 4.69) is 61.9 Å². The largest absolute Gasteiger partial charge is 0.377 e. The number of rotatable bonds is 6. The summed E-state index contributed by atoms with van der Waals surface area (Å²) in [5.74, 6) is 0.890. The Hall–Kier alpha value is -1.33. The van der Waals surface area contributed by atoms with Crippen molar-refractivity contribution in [2.24, 2.45) is 4.99 Å². The zero-order chi connectivity index (χ0) is 16.8. The molecule has 0 bridgehead atoms. The molecule has 0 amide bonds. The Bertz CT molecular complexity index is 623. The zero-order valence-electron chi connectivity index (χ0n) is 14.3. The van der Waals surface area contributed by atoms with Crippen molar-refractivity contribution < 1.29 is 4.74 Å². The molecule has 2 N–H and O–H groups in total. The third kappa shape index (κ3) is 4.39. The van der Waals surface area contributed by atoms with Crippen LogP contribution < -0.4 is 10.6 Å². The van der Waals surface area contributed by atoms with Crippen LogP contribution in [0.2, 0.25) is 0 Å². The van der Waals surface area contributed by atoms with Gasteiger partial charge in [-0.25, -0.2) is 0 Å². The Morgan fingerprint density at radius 3 is 2.79 bits per heavy atom. The van der Waals surface area contributed by atoms with Gasteiger partial charge in [0.15, 0.2) is 5.96 Å². The lowest BCUT2D eigenvalue weighted by molar-refractivity contribution is 0.153. The molecule has 5 heteroatoms. The van der Waals surface area contributed by atoms with E-state index >= 15 is 0 Å². The summed E-state index contributed by atoms with van der Waals surface area (Å²) in [6, 6.07) is 8.55. The topological polar surface area (TPSA) is 45.7 Å². The lowest BCUT2D eigenvalue weighted by Gasteiger charge is -2.20. The number of ether oxygens (including phenoxy) is 1. The van der Waals surface area contributed by atoms with E-state index in [4.69, 9.17) is 4.74 Å². The van der Waals surface area contributed by atoms with Gasteiger partial charge in [-0.05, 0) is 37.3 Å². The van der Waals surface area contributed by atoms with Gasteiger partial charge in [0.25, 0.3) is 0 Å². The van der Waals surface area contributed by atoms with Crippen LogP contribution in [0.1, 0.15) is 31.2 Å². The average Bonchev–Trinajstić information content (AvgIpc) is 3.40. The number of nitrogens with one attached hydrogen (secondary N) is 2. The molecular weight excluding hydrogens is 366 g/mol. The van der Waals surface area contributed by atoms with Crippen LogP contribution in [0.25, 0.3) is 0 Å². The summed E-state index contributed by atoms with van der Waals surface area (Å²) >= 11 is 3.69. The number of aliphatic imine (C=N–C) groups is 1. The summed E-state index contributed by atoms with van der Waals surface area (Å²) in [6.45, 7) is 3.45. The molecule has 0 radical (unpaired) electrons. The molecule has 1 aromatic carbocycles. The van der Waals surface area contributed by atoms with Gasteiger partial charge in [0, 0.05) is 30.0 Å². The molecule has 0 spiro atoms. The number of hydrogen-bond acceptors (Lipinski definition) is 2. The van der Waals surface area contributed by atoms with Gasteiger partial charge in [-0.15, -0.1) is 0 Å². The first-order valence-corrected chi connectivity index (χ1v) is 9.48. The van der Waals surface area contributed by atoms with Crippen molar-refractivity contribution in [3.63, 3.8) is 0 Å². The number of hydrogen-bond donors (Lipinski definition) is 2. The molecule has 0 saturated heterocycles. The monoisotopic (exact) mass is 391 g/mol. The standard InChI is InChI=1S/C19H26BrN3O/c1-21-18(22-11-6-15-7-12-24-13-8-15)23-14-19(9-10-19)16-4-2-3-5-17(16)20/h2-5,7H,6,8-14H2,1H3,(H2,21,22,23). The fourth-order valence-corrected chi connectivity index (χ4v) is 3.90. The zero-order valence-corrected chi connectivity index (χ0v) is 15.9. The van der Waals surface area contributed by atoms with Crippen LogP contribution in [0.3, 0.4) is 0 Å². The molecule has 1 aromatic rings. The fraction of sp³-hybridized carbons (Fsp3) is 0.526. The van der Waals surface area contributed by atoms with Crippen LogP contribution in [0.5, 0.6) is 0 Å². The maximum Gasteiger partial charge on any atom is 0.191 e. The van der Waals surface area contributed by atoms with Crippen LogP contribution in [0, 0.1) is 0 Å². The highest BCUT2D eigenvalue weighted by atomic mass is 79.9. The number of benzene rings is 1. The molecule has 1 aliphatic heterocycles. The Morgan fingerprint density at radius 2 is 2.12 bits per heavy atom. The molecule has 24 heavy (non-hydrogen) atoms. The fourth-order valence-electron chi connectivity index (χ4n) is 3.19. The van der Waals surface area contributed by atoms with Crippen molar-refractivity contribution in [3.8, 4) is 0 Å². The molecule has 0 unspecified atom stereocenters. The Balaban J connectivity index is 1.48. The summed E-state index contributed by atoms with van der Waals surface area (Å²) in [5, 5.41) is 6.94. The molecule has 0 atom stereocenters. The second kappa shape index (κ2) is 8.17. The van der Waals surface area contributed by atoms with Crippen molar-refractivity contribution in [2.75, 3.05) is 33.4 Å². The van der Waals surface area contributed by atoms with Crippen molar-refractivity contribution in [2.45, 2.75) is 31.1 Å². The van der Waals surface area contributed by atoms with Gasteiger partial charge >= 0.3 is 0 Å². The lowest BCUT2D eigenvalue weighted by Crippen LogP contribution is -2.41. The van der Waals surface area contributed by atoms with Gasteiger partial charge in [-0.3, -0.25) is 4.99 Å². The molecule has 3 rings (SSSR count). The van der Waals surface area contributed by atoms with Crippen molar-refractivity contribution in [1.29, 1.82) is 0 Å². The minimum absolute atomic E-state index is 0.251. The molecule has 1 fully saturated rings. The Kier molecular flexibility index (Phi) is 5.95. The maximum atomic E-state index is 5.35. The van der Waals surface area contributed by atoms with E-state index in [0.717, 1.165) is 45.1 Å². The van der Waals surface area contributed by atoms with Crippen LogP contribution in [-0.2, 0) is 10.2 Å². The van der Waals surface area contributed by atoms with E-state index < -0.39 is 0 Å². The normalized spacial score (nSPS) is 19.6. The highest BCUT2D eigenvalue weighted by Gasteiger charge is 2.45. The second-order valence-electron chi connectivity index (χ2n) is 6.55. The number of nitrogens with zero attached hydrogens (tertiary/aromatic N) is 1. The molecule has 0 aromatic heterocycles. The van der Waals surface area contributed by atoms with Gasteiger partial charge in [0.1, 0.15) is 0 Å². The summed E-state index contributed by atoms with van der Waals surface area (Å²) in [4.78, 5) is 4.36. The quantitative estimate of drug-likeness (QED) is 0.443. The van der Waals surface area contributed by atoms with Gasteiger partial charge in [0.05, 0.1) is 13.2 Å². The molecule has 1 heterocycles. The first-order chi connectivity index (χ1) is 11.7. The third-order valence-corrected chi connectivity index (χ3v) is 5.60. The number of halogens is 1. The minimum atomic E-state index is 0.251. The summed E-state index contributed by atoms with van der Waals surface area (Å²) in [7, 11) is 1.83. The lowest BCUT2D eigenvalue weighted by atomic mass is 9.96. The Morgan fingerprint density at radius 1 is 1.29 bits per heavy atom. The van der Waals surface area contributed by atoms with E-state index in [9.17, 15) is 0 Å². The molecule has 1 aliphatic carbocycles. The Labute approximate surface area is 152 Å². The van der Waals surface area contributed by atoms with Crippen molar-refractivity contribution in [1.82, 2.24) is 10.6 Å². The van der Waals surface area contributed by atoms with Crippen molar-refractivity contribution >= 4 is 21.9 Å². The van der Waals surface area contributed by atoms with Crippen LogP contribution in [0.15, 0.2) is 45.4 Å². The van der Waals surface area contributed by atoms with Gasteiger partial charge < -0.3 is 15.4 Å². The SMILES string of the molecule is CN=C(NCCC1=CCOCC1)NCC1(c2ccccc2Br)CC1. The first-order valence-electron chi connectivity index (χ1n) is 8.69. The third-order valence-electron chi connectivity index (χ3n) is 4.91. The maximum absolute atomic E-state index is 5.35. The van der Waals surface area contributed by atoms with E-state index in [0.29, 0.717) is 0 Å². The van der Waals surface area contributed by atoms with E-state index in [1.54, 1.807) is 0 Å². The van der Waals surface area contributed by atoms with E-state index in [1.165, 1.54) is 28.5 Å². The molecule has 4 nitrogen and oxygen atoms in total. The predicted octanol–water partition coefficient (Wildman–Crippen LogP) is 3.38. The molecule has 130 valence electrons. The summed E-state index contributed by atoms with van der Waals surface area (Å²) in [6.07, 6.45) is 6.77. The highest BCUT2D eigenvalue weighted by molar-refractivity contribution is 9.10. The van der Waals surface area contributed by atoms with Gasteiger partial charge in [-0.2, -0.15) is 0 Å². The van der Waals surface area contributed by atoms with Gasteiger partial charge in [0.2, 0.25) is 0 Å². The van der Waals surface area contributed by atoms with E-state index in [-0.39, 0.29) is 5.41 Å². The van der Waals surface area contributed by atoms with Crippen LogP contribution in [-0.4, -0.2) is 39.3 Å². The highest BCUT2D eigenvalue weighted by Crippen LogP contribution is 2.49. The average molecular weight is 392 g/mol. The van der Waals surface area contributed by atoms with Gasteiger partial charge in [-0.1, -0.05) is 45.8 Å².